The molecule has 0 amide bonds. The second-order valence-corrected chi connectivity index (χ2v) is 4.59. The number of halogens is 3. The summed E-state index contributed by atoms with van der Waals surface area (Å²) in [4.78, 5) is 0. The SMILES string of the molecule is ClC/C=C/CNc1ccc(I)cc1Cl. The largest absolute Gasteiger partial charge is 0.380 e. The maximum atomic E-state index is 6.02. The van der Waals surface area contributed by atoms with Gasteiger partial charge in [0.1, 0.15) is 0 Å². The average molecular weight is 342 g/mol. The Hall–Kier alpha value is 0.0700. The van der Waals surface area contributed by atoms with Crippen molar-refractivity contribution in [3.8, 4) is 0 Å². The Kier molecular flexibility index (Phi) is 5.67. The highest BCUT2D eigenvalue weighted by Crippen LogP contribution is 2.23. The van der Waals surface area contributed by atoms with E-state index in [9.17, 15) is 0 Å². The number of anilines is 1. The molecule has 1 nitrogen and oxygen atoms in total. The molecule has 1 rings (SSSR count). The van der Waals surface area contributed by atoms with Crippen molar-refractivity contribution in [3.05, 3.63) is 38.9 Å². The molecule has 0 fully saturated rings. The van der Waals surface area contributed by atoms with E-state index in [-0.39, 0.29) is 0 Å². The summed E-state index contributed by atoms with van der Waals surface area (Å²) in [5, 5.41) is 3.94. The van der Waals surface area contributed by atoms with Crippen LogP contribution < -0.4 is 5.32 Å². The predicted molar refractivity (Wildman–Crippen MR) is 72.5 cm³/mol. The van der Waals surface area contributed by atoms with Crippen molar-refractivity contribution in [1.29, 1.82) is 0 Å². The first-order valence-corrected chi connectivity index (χ1v) is 6.13. The van der Waals surface area contributed by atoms with E-state index in [1.165, 1.54) is 0 Å². The number of benzene rings is 1. The molecule has 0 aliphatic carbocycles. The van der Waals surface area contributed by atoms with Gasteiger partial charge in [0.25, 0.3) is 0 Å². The van der Waals surface area contributed by atoms with Crippen molar-refractivity contribution in [2.45, 2.75) is 0 Å². The maximum Gasteiger partial charge on any atom is 0.0648 e. The maximum absolute atomic E-state index is 6.02. The van der Waals surface area contributed by atoms with Gasteiger partial charge < -0.3 is 5.32 Å². The third kappa shape index (κ3) is 4.07. The molecule has 0 heterocycles. The first kappa shape index (κ1) is 12.1. The quantitative estimate of drug-likeness (QED) is 0.493. The van der Waals surface area contributed by atoms with Crippen LogP contribution in [0.4, 0.5) is 5.69 Å². The second-order valence-electron chi connectivity index (χ2n) is 2.63. The number of allylic oxidation sites excluding steroid dienone is 1. The zero-order chi connectivity index (χ0) is 10.4. The van der Waals surface area contributed by atoms with Crippen LogP contribution in [0.5, 0.6) is 0 Å². The third-order valence-electron chi connectivity index (χ3n) is 1.60. The molecule has 0 saturated carbocycles. The Morgan fingerprint density at radius 3 is 2.79 bits per heavy atom. The zero-order valence-corrected chi connectivity index (χ0v) is 11.1. The molecule has 76 valence electrons. The Balaban J connectivity index is 2.55. The third-order valence-corrected chi connectivity index (χ3v) is 2.76. The number of alkyl halides is 1. The highest BCUT2D eigenvalue weighted by molar-refractivity contribution is 14.1. The smallest absolute Gasteiger partial charge is 0.0648 e. The molecular formula is C10H10Cl2IN. The molecule has 0 bridgehead atoms. The highest BCUT2D eigenvalue weighted by atomic mass is 127. The molecule has 0 aromatic heterocycles. The van der Waals surface area contributed by atoms with Gasteiger partial charge in [0.2, 0.25) is 0 Å². The van der Waals surface area contributed by atoms with Crippen molar-refractivity contribution < 1.29 is 0 Å². The van der Waals surface area contributed by atoms with Gasteiger partial charge >= 0.3 is 0 Å². The van der Waals surface area contributed by atoms with Crippen LogP contribution in [0.25, 0.3) is 0 Å². The molecule has 1 aromatic carbocycles. The van der Waals surface area contributed by atoms with Crippen molar-refractivity contribution >= 4 is 51.5 Å². The van der Waals surface area contributed by atoms with E-state index in [2.05, 4.69) is 27.9 Å². The summed E-state index contributed by atoms with van der Waals surface area (Å²) >= 11 is 13.7. The number of rotatable bonds is 4. The van der Waals surface area contributed by atoms with Crippen molar-refractivity contribution in [1.82, 2.24) is 0 Å². The van der Waals surface area contributed by atoms with Crippen LogP contribution in [0, 0.1) is 3.57 Å². The van der Waals surface area contributed by atoms with Crippen LogP contribution in [0.15, 0.2) is 30.4 Å². The summed E-state index contributed by atoms with van der Waals surface area (Å²) in [6, 6.07) is 5.91. The van der Waals surface area contributed by atoms with Gasteiger partial charge in [0.05, 0.1) is 10.7 Å². The highest BCUT2D eigenvalue weighted by Gasteiger charge is 1.98. The van der Waals surface area contributed by atoms with Crippen LogP contribution in [0.1, 0.15) is 0 Å². The van der Waals surface area contributed by atoms with Crippen molar-refractivity contribution in [2.24, 2.45) is 0 Å². The first-order chi connectivity index (χ1) is 6.74. The number of hydrogen-bond acceptors (Lipinski definition) is 1. The van der Waals surface area contributed by atoms with Crippen LogP contribution in [-0.4, -0.2) is 12.4 Å². The van der Waals surface area contributed by atoms with E-state index in [4.69, 9.17) is 23.2 Å². The van der Waals surface area contributed by atoms with E-state index >= 15 is 0 Å². The molecule has 0 radical (unpaired) electrons. The van der Waals surface area contributed by atoms with E-state index in [0.29, 0.717) is 5.88 Å². The van der Waals surface area contributed by atoms with Crippen LogP contribution in [0.2, 0.25) is 5.02 Å². The van der Waals surface area contributed by atoms with Gasteiger partial charge in [0.15, 0.2) is 0 Å². The molecule has 4 heteroatoms. The number of hydrogen-bond donors (Lipinski definition) is 1. The molecule has 0 aliphatic rings. The summed E-state index contributed by atoms with van der Waals surface area (Å²) < 4.78 is 1.13. The molecule has 0 saturated heterocycles. The molecular weight excluding hydrogens is 332 g/mol. The van der Waals surface area contributed by atoms with Crippen LogP contribution in [-0.2, 0) is 0 Å². The Morgan fingerprint density at radius 1 is 1.36 bits per heavy atom. The fourth-order valence-corrected chi connectivity index (χ4v) is 2.00. The van der Waals surface area contributed by atoms with E-state index in [1.807, 2.05) is 30.4 Å². The van der Waals surface area contributed by atoms with Crippen LogP contribution in [0.3, 0.4) is 0 Å². The molecule has 14 heavy (non-hydrogen) atoms. The van der Waals surface area contributed by atoms with Gasteiger partial charge in [-0.3, -0.25) is 0 Å². The average Bonchev–Trinajstić information content (AvgIpc) is 2.15. The lowest BCUT2D eigenvalue weighted by atomic mass is 10.3. The fourth-order valence-electron chi connectivity index (χ4n) is 0.948. The van der Waals surface area contributed by atoms with Gasteiger partial charge in [-0.05, 0) is 40.8 Å². The van der Waals surface area contributed by atoms with E-state index in [0.717, 1.165) is 20.8 Å². The van der Waals surface area contributed by atoms with Crippen molar-refractivity contribution in [2.75, 3.05) is 17.7 Å². The molecule has 0 unspecified atom stereocenters. The monoisotopic (exact) mass is 341 g/mol. The molecule has 0 atom stereocenters. The minimum atomic E-state index is 0.544. The summed E-state index contributed by atoms with van der Waals surface area (Å²) in [5.74, 6) is 0.544. The van der Waals surface area contributed by atoms with Gasteiger partial charge in [-0.15, -0.1) is 11.6 Å². The minimum absolute atomic E-state index is 0.544. The zero-order valence-electron chi connectivity index (χ0n) is 7.43. The van der Waals surface area contributed by atoms with Gasteiger partial charge in [-0.1, -0.05) is 23.8 Å². The van der Waals surface area contributed by atoms with Crippen LogP contribution >= 0.6 is 45.8 Å². The van der Waals surface area contributed by atoms with Crippen molar-refractivity contribution in [3.63, 3.8) is 0 Å². The Bertz CT molecular complexity index is 326. The Morgan fingerprint density at radius 2 is 2.14 bits per heavy atom. The topological polar surface area (TPSA) is 12.0 Å². The molecule has 1 aromatic rings. The summed E-state index contributed by atoms with van der Waals surface area (Å²) in [5.41, 5.74) is 0.950. The lowest BCUT2D eigenvalue weighted by Gasteiger charge is -2.05. The second kappa shape index (κ2) is 6.53. The lowest BCUT2D eigenvalue weighted by molar-refractivity contribution is 1.32. The van der Waals surface area contributed by atoms with E-state index in [1.54, 1.807) is 0 Å². The summed E-state index contributed by atoms with van der Waals surface area (Å²) in [6.07, 6.45) is 3.87. The summed E-state index contributed by atoms with van der Waals surface area (Å²) in [7, 11) is 0. The first-order valence-electron chi connectivity index (χ1n) is 4.14. The molecule has 1 N–H and O–H groups in total. The molecule has 0 spiro atoms. The van der Waals surface area contributed by atoms with Gasteiger partial charge in [0, 0.05) is 16.0 Å². The fraction of sp³-hybridized carbons (Fsp3) is 0.200. The lowest BCUT2D eigenvalue weighted by Crippen LogP contribution is -1.98. The predicted octanol–water partition coefficient (Wildman–Crippen LogP) is 4.15. The van der Waals surface area contributed by atoms with E-state index < -0.39 is 0 Å². The molecule has 0 aliphatic heterocycles. The number of nitrogens with one attached hydrogen (secondary N) is 1. The minimum Gasteiger partial charge on any atom is -0.380 e. The summed E-state index contributed by atoms with van der Waals surface area (Å²) in [6.45, 7) is 0.743. The van der Waals surface area contributed by atoms with Gasteiger partial charge in [-0.25, -0.2) is 0 Å². The standard InChI is InChI=1S/C10H10Cl2IN/c11-5-1-2-6-14-10-4-3-8(13)7-9(10)12/h1-4,7,14H,5-6H2/b2-1+. The Labute approximate surface area is 108 Å². The van der Waals surface area contributed by atoms with Gasteiger partial charge in [-0.2, -0.15) is 0 Å². The normalized spacial score (nSPS) is 10.8.